The first-order chi connectivity index (χ1) is 11.6. The van der Waals surface area contributed by atoms with E-state index in [0.29, 0.717) is 10.6 Å². The van der Waals surface area contributed by atoms with Crippen molar-refractivity contribution in [3.63, 3.8) is 0 Å². The van der Waals surface area contributed by atoms with Crippen LogP contribution in [0.2, 0.25) is 15.1 Å². The number of halogens is 3. The largest absolute Gasteiger partial charge is 0.480 e. The Bertz CT molecular complexity index is 885. The van der Waals surface area contributed by atoms with Gasteiger partial charge in [0.05, 0.1) is 14.9 Å². The van der Waals surface area contributed by atoms with E-state index < -0.39 is 22.0 Å². The van der Waals surface area contributed by atoms with Crippen molar-refractivity contribution in [3.8, 4) is 0 Å². The van der Waals surface area contributed by atoms with Crippen LogP contribution in [0, 0.1) is 0 Å². The van der Waals surface area contributed by atoms with Gasteiger partial charge in [-0.05, 0) is 35.9 Å². The summed E-state index contributed by atoms with van der Waals surface area (Å²) in [5.41, 5.74) is 0.444. The number of sulfonamides is 1. The Labute approximate surface area is 160 Å². The molecule has 0 heterocycles. The molecule has 1 atom stereocenters. The average Bonchev–Trinajstić information content (AvgIpc) is 2.55. The molecule has 2 aromatic carbocycles. The number of rotatable bonds is 6. The van der Waals surface area contributed by atoms with Crippen LogP contribution in [0.1, 0.15) is 5.56 Å². The molecule has 0 aliphatic carbocycles. The Morgan fingerprint density at radius 2 is 1.72 bits per heavy atom. The summed E-state index contributed by atoms with van der Waals surface area (Å²) in [7, 11) is -2.82. The van der Waals surface area contributed by atoms with Gasteiger partial charge in [-0.2, -0.15) is 4.31 Å². The van der Waals surface area contributed by atoms with Crippen LogP contribution in [0.15, 0.2) is 47.4 Å². The van der Waals surface area contributed by atoms with E-state index in [0.717, 1.165) is 4.31 Å². The third-order valence-electron chi connectivity index (χ3n) is 3.66. The molecule has 2 aromatic rings. The second kappa shape index (κ2) is 7.93. The molecule has 5 nitrogen and oxygen atoms in total. The van der Waals surface area contributed by atoms with Crippen molar-refractivity contribution >= 4 is 50.8 Å². The quantitative estimate of drug-likeness (QED) is 0.764. The van der Waals surface area contributed by atoms with Gasteiger partial charge in [0, 0.05) is 18.5 Å². The van der Waals surface area contributed by atoms with Gasteiger partial charge in [0.25, 0.3) is 0 Å². The Balaban J connectivity index is 2.37. The molecule has 0 aliphatic rings. The van der Waals surface area contributed by atoms with Crippen LogP contribution in [-0.4, -0.2) is 36.9 Å². The van der Waals surface area contributed by atoms with Crippen LogP contribution in [0.3, 0.4) is 0 Å². The molecule has 0 saturated heterocycles. The summed E-state index contributed by atoms with van der Waals surface area (Å²) in [6, 6.07) is 8.92. The van der Waals surface area contributed by atoms with E-state index in [-0.39, 0.29) is 21.4 Å². The van der Waals surface area contributed by atoms with E-state index in [1.165, 1.54) is 31.3 Å². The Kier molecular flexibility index (Phi) is 6.35. The Morgan fingerprint density at radius 1 is 1.12 bits per heavy atom. The first-order valence-electron chi connectivity index (χ1n) is 7.04. The number of aliphatic carboxylic acids is 1. The zero-order valence-electron chi connectivity index (χ0n) is 13.0. The Hall–Kier alpha value is -1.31. The molecule has 0 saturated carbocycles. The van der Waals surface area contributed by atoms with Crippen molar-refractivity contribution in [3.05, 3.63) is 63.1 Å². The van der Waals surface area contributed by atoms with E-state index in [4.69, 9.17) is 34.8 Å². The van der Waals surface area contributed by atoms with Crippen LogP contribution < -0.4 is 0 Å². The highest BCUT2D eigenvalue weighted by Crippen LogP contribution is 2.28. The number of likely N-dealkylation sites (N-methyl/N-ethyl adjacent to an activating group) is 1. The molecule has 0 aliphatic heterocycles. The highest BCUT2D eigenvalue weighted by atomic mass is 35.5. The summed E-state index contributed by atoms with van der Waals surface area (Å²) < 4.78 is 26.2. The zero-order valence-corrected chi connectivity index (χ0v) is 16.1. The van der Waals surface area contributed by atoms with Crippen LogP contribution in [0.4, 0.5) is 0 Å². The van der Waals surface area contributed by atoms with Gasteiger partial charge in [-0.15, -0.1) is 0 Å². The number of carboxylic acid groups (broad SMARTS) is 1. The average molecular weight is 423 g/mol. The fourth-order valence-electron chi connectivity index (χ4n) is 2.23. The summed E-state index contributed by atoms with van der Waals surface area (Å²) >= 11 is 17.8. The van der Waals surface area contributed by atoms with Gasteiger partial charge in [-0.3, -0.25) is 4.79 Å². The molecule has 0 radical (unpaired) electrons. The minimum atomic E-state index is -4.03. The third kappa shape index (κ3) is 4.46. The summed E-state index contributed by atoms with van der Waals surface area (Å²) in [5.74, 6) is -1.30. The number of carboxylic acids is 1. The molecule has 1 N–H and O–H groups in total. The van der Waals surface area contributed by atoms with Crippen molar-refractivity contribution in [1.82, 2.24) is 4.31 Å². The lowest BCUT2D eigenvalue weighted by Crippen LogP contribution is -2.43. The lowest BCUT2D eigenvalue weighted by atomic mass is 10.1. The summed E-state index contributed by atoms with van der Waals surface area (Å²) in [5, 5.41) is 10.4. The summed E-state index contributed by atoms with van der Waals surface area (Å²) in [6.07, 6.45) is -0.127. The number of carbonyl (C=O) groups is 1. The van der Waals surface area contributed by atoms with E-state index in [1.807, 2.05) is 0 Å². The second-order valence-electron chi connectivity index (χ2n) is 5.25. The summed E-state index contributed by atoms with van der Waals surface area (Å²) in [4.78, 5) is 11.6. The Morgan fingerprint density at radius 3 is 2.28 bits per heavy atom. The molecular formula is C16H14Cl3NO4S. The van der Waals surface area contributed by atoms with Crippen molar-refractivity contribution < 1.29 is 18.3 Å². The minimum Gasteiger partial charge on any atom is -0.480 e. The molecule has 0 spiro atoms. The topological polar surface area (TPSA) is 74.7 Å². The predicted octanol–water partition coefficient (Wildman–Crippen LogP) is 3.96. The number of hydrogen-bond donors (Lipinski definition) is 1. The fraction of sp³-hybridized carbons (Fsp3) is 0.188. The van der Waals surface area contributed by atoms with Gasteiger partial charge in [0.2, 0.25) is 10.0 Å². The van der Waals surface area contributed by atoms with Crippen molar-refractivity contribution in [2.45, 2.75) is 17.4 Å². The van der Waals surface area contributed by atoms with Crippen molar-refractivity contribution in [1.29, 1.82) is 0 Å². The molecule has 0 fully saturated rings. The molecule has 25 heavy (non-hydrogen) atoms. The number of benzene rings is 2. The molecule has 134 valence electrons. The van der Waals surface area contributed by atoms with Gasteiger partial charge in [0.15, 0.2) is 0 Å². The van der Waals surface area contributed by atoms with Crippen LogP contribution in [0.25, 0.3) is 0 Å². The van der Waals surface area contributed by atoms with E-state index >= 15 is 0 Å². The molecule has 2 rings (SSSR count). The monoisotopic (exact) mass is 421 g/mol. The SMILES string of the molecule is CN([C@H](Cc1cccc(Cl)c1Cl)C(=O)O)S(=O)(=O)c1ccc(Cl)cc1. The van der Waals surface area contributed by atoms with Crippen LogP contribution in [0.5, 0.6) is 0 Å². The van der Waals surface area contributed by atoms with Gasteiger partial charge >= 0.3 is 5.97 Å². The maximum absolute atomic E-state index is 12.7. The number of hydrogen-bond acceptors (Lipinski definition) is 3. The van der Waals surface area contributed by atoms with E-state index in [9.17, 15) is 18.3 Å². The van der Waals surface area contributed by atoms with Gasteiger partial charge in [0.1, 0.15) is 6.04 Å². The molecule has 0 bridgehead atoms. The maximum atomic E-state index is 12.7. The fourth-order valence-corrected chi connectivity index (χ4v) is 4.06. The highest BCUT2D eigenvalue weighted by Gasteiger charge is 2.33. The van der Waals surface area contributed by atoms with Gasteiger partial charge in [-0.1, -0.05) is 46.9 Å². The third-order valence-corrected chi connectivity index (χ3v) is 6.65. The molecule has 0 amide bonds. The first-order valence-corrected chi connectivity index (χ1v) is 9.61. The molecular weight excluding hydrogens is 409 g/mol. The van der Waals surface area contributed by atoms with Gasteiger partial charge < -0.3 is 5.11 Å². The van der Waals surface area contributed by atoms with E-state index in [2.05, 4.69) is 0 Å². The van der Waals surface area contributed by atoms with Crippen molar-refractivity contribution in [2.75, 3.05) is 7.05 Å². The standard InChI is InChI=1S/C16H14Cl3NO4S/c1-20(25(23,24)12-7-5-11(17)6-8-12)14(16(21)22)9-10-3-2-4-13(18)15(10)19/h2-8,14H,9H2,1H3,(H,21,22)/t14-/m1/s1. The lowest BCUT2D eigenvalue weighted by Gasteiger charge is -2.24. The highest BCUT2D eigenvalue weighted by molar-refractivity contribution is 7.89. The normalized spacial score (nSPS) is 13.0. The predicted molar refractivity (Wildman–Crippen MR) is 98.0 cm³/mol. The second-order valence-corrected chi connectivity index (χ2v) is 8.47. The molecule has 0 unspecified atom stereocenters. The van der Waals surface area contributed by atoms with Crippen LogP contribution >= 0.6 is 34.8 Å². The van der Waals surface area contributed by atoms with Crippen LogP contribution in [-0.2, 0) is 21.2 Å². The summed E-state index contributed by atoms with van der Waals surface area (Å²) in [6.45, 7) is 0. The molecule has 0 aromatic heterocycles. The first kappa shape index (κ1) is 20.0. The van der Waals surface area contributed by atoms with Crippen molar-refractivity contribution in [2.24, 2.45) is 0 Å². The minimum absolute atomic E-state index is 0.0529. The van der Waals surface area contributed by atoms with E-state index in [1.54, 1.807) is 18.2 Å². The smallest absolute Gasteiger partial charge is 0.322 e. The molecule has 9 heteroatoms. The number of nitrogens with zero attached hydrogens (tertiary/aromatic N) is 1. The van der Waals surface area contributed by atoms with Gasteiger partial charge in [-0.25, -0.2) is 8.42 Å². The zero-order chi connectivity index (χ0) is 18.8. The maximum Gasteiger partial charge on any atom is 0.322 e. The lowest BCUT2D eigenvalue weighted by molar-refractivity contribution is -0.141.